The first kappa shape index (κ1) is 17.0. The molecule has 0 unspecified atom stereocenters. The maximum Gasteiger partial charge on any atom is 0.274 e. The number of nitrogens with one attached hydrogen (secondary N) is 1. The average molecular weight is 339 g/mol. The predicted molar refractivity (Wildman–Crippen MR) is 93.0 cm³/mol. The minimum atomic E-state index is -0.133. The van der Waals surface area contributed by atoms with E-state index in [1.165, 1.54) is 6.20 Å². The van der Waals surface area contributed by atoms with Crippen LogP contribution in [0.15, 0.2) is 30.7 Å². The number of aryl methyl sites for hydroxylation is 2. The molecule has 0 saturated carbocycles. The fourth-order valence-corrected chi connectivity index (χ4v) is 2.78. The van der Waals surface area contributed by atoms with Crippen molar-refractivity contribution in [3.05, 3.63) is 47.7 Å². The molecule has 7 heteroatoms. The van der Waals surface area contributed by atoms with E-state index in [1.807, 2.05) is 19.9 Å². The average Bonchev–Trinajstić information content (AvgIpc) is 2.64. The van der Waals surface area contributed by atoms with Gasteiger partial charge in [0.25, 0.3) is 5.91 Å². The second kappa shape index (κ2) is 7.38. The fraction of sp³-hybridized carbons (Fsp3) is 0.389. The van der Waals surface area contributed by atoms with E-state index in [2.05, 4.69) is 20.3 Å². The molecule has 1 aliphatic heterocycles. The lowest BCUT2D eigenvalue weighted by atomic mass is 9.95. The number of rotatable bonds is 3. The van der Waals surface area contributed by atoms with Gasteiger partial charge >= 0.3 is 0 Å². The number of hydrogen-bond acceptors (Lipinski definition) is 5. The van der Waals surface area contributed by atoms with E-state index in [1.54, 1.807) is 23.4 Å². The molecule has 3 rings (SSSR count). The number of hydrogen-bond donors (Lipinski definition) is 1. The highest BCUT2D eigenvalue weighted by atomic mass is 16.2. The number of carbonyl (C=O) groups excluding carboxylic acids is 2. The van der Waals surface area contributed by atoms with Crippen LogP contribution in [-0.4, -0.2) is 44.8 Å². The largest absolute Gasteiger partial charge is 0.337 e. The van der Waals surface area contributed by atoms with Gasteiger partial charge in [0.2, 0.25) is 5.91 Å². The molecule has 130 valence electrons. The topological polar surface area (TPSA) is 88.1 Å². The van der Waals surface area contributed by atoms with Crippen LogP contribution in [0.5, 0.6) is 0 Å². The summed E-state index contributed by atoms with van der Waals surface area (Å²) >= 11 is 0. The van der Waals surface area contributed by atoms with Gasteiger partial charge in [-0.1, -0.05) is 6.07 Å². The Morgan fingerprint density at radius 2 is 1.80 bits per heavy atom. The van der Waals surface area contributed by atoms with E-state index >= 15 is 0 Å². The molecule has 1 aliphatic rings. The molecule has 7 nitrogen and oxygen atoms in total. The lowest BCUT2D eigenvalue weighted by Gasteiger charge is -2.31. The van der Waals surface area contributed by atoms with Gasteiger partial charge in [0.1, 0.15) is 11.5 Å². The number of carbonyl (C=O) groups is 2. The molecule has 0 radical (unpaired) electrons. The van der Waals surface area contributed by atoms with E-state index in [0.717, 1.165) is 11.3 Å². The van der Waals surface area contributed by atoms with Gasteiger partial charge in [0.15, 0.2) is 0 Å². The summed E-state index contributed by atoms with van der Waals surface area (Å²) < 4.78 is 0. The van der Waals surface area contributed by atoms with Crippen molar-refractivity contribution in [1.29, 1.82) is 0 Å². The third-order valence-electron chi connectivity index (χ3n) is 4.32. The number of nitrogens with zero attached hydrogens (tertiary/aromatic N) is 4. The van der Waals surface area contributed by atoms with Crippen LogP contribution >= 0.6 is 0 Å². The Balaban J connectivity index is 1.54. The van der Waals surface area contributed by atoms with Gasteiger partial charge in [-0.2, -0.15) is 0 Å². The van der Waals surface area contributed by atoms with Crippen LogP contribution in [-0.2, 0) is 4.79 Å². The summed E-state index contributed by atoms with van der Waals surface area (Å²) in [7, 11) is 0. The van der Waals surface area contributed by atoms with E-state index in [-0.39, 0.29) is 17.7 Å². The third kappa shape index (κ3) is 4.17. The summed E-state index contributed by atoms with van der Waals surface area (Å²) in [6.45, 7) is 4.85. The molecule has 2 aromatic heterocycles. The molecule has 25 heavy (non-hydrogen) atoms. The van der Waals surface area contributed by atoms with Gasteiger partial charge in [0, 0.05) is 31.4 Å². The third-order valence-corrected chi connectivity index (χ3v) is 4.32. The molecular formula is C18H21N5O2. The Bertz CT molecular complexity index is 750. The number of aromatic nitrogens is 3. The first-order chi connectivity index (χ1) is 12.0. The van der Waals surface area contributed by atoms with Crippen molar-refractivity contribution in [2.75, 3.05) is 18.4 Å². The quantitative estimate of drug-likeness (QED) is 0.924. The zero-order valence-corrected chi connectivity index (χ0v) is 14.4. The van der Waals surface area contributed by atoms with Crippen LogP contribution < -0.4 is 5.32 Å². The van der Waals surface area contributed by atoms with E-state index in [4.69, 9.17) is 0 Å². The number of piperidine rings is 1. The van der Waals surface area contributed by atoms with Gasteiger partial charge in [0.05, 0.1) is 11.9 Å². The van der Waals surface area contributed by atoms with Crippen molar-refractivity contribution >= 4 is 17.6 Å². The molecule has 2 aromatic rings. The Hall–Kier alpha value is -2.83. The second-order valence-corrected chi connectivity index (χ2v) is 6.32. The van der Waals surface area contributed by atoms with Crippen molar-refractivity contribution in [2.24, 2.45) is 5.92 Å². The SMILES string of the molecule is Cc1ccc(NC(=O)C2CCN(C(=O)c3cnc(C)cn3)CC2)nc1. The molecule has 0 aliphatic carbocycles. The van der Waals surface area contributed by atoms with Crippen LogP contribution in [0.25, 0.3) is 0 Å². The highest BCUT2D eigenvalue weighted by Crippen LogP contribution is 2.20. The summed E-state index contributed by atoms with van der Waals surface area (Å²) in [6, 6.07) is 3.70. The van der Waals surface area contributed by atoms with Gasteiger partial charge in [-0.25, -0.2) is 9.97 Å². The summed E-state index contributed by atoms with van der Waals surface area (Å²) in [5.74, 6) is 0.269. The molecule has 1 saturated heterocycles. The van der Waals surface area contributed by atoms with E-state index < -0.39 is 0 Å². The lowest BCUT2D eigenvalue weighted by Crippen LogP contribution is -2.41. The lowest BCUT2D eigenvalue weighted by molar-refractivity contribution is -0.121. The van der Waals surface area contributed by atoms with Crippen LogP contribution in [0.2, 0.25) is 0 Å². The Kier molecular flexibility index (Phi) is 5.02. The molecule has 0 atom stereocenters. The number of anilines is 1. The minimum absolute atomic E-state index is 0.0430. The first-order valence-corrected chi connectivity index (χ1v) is 8.34. The van der Waals surface area contributed by atoms with Crippen molar-refractivity contribution in [3.63, 3.8) is 0 Å². The smallest absolute Gasteiger partial charge is 0.274 e. The van der Waals surface area contributed by atoms with Crippen LogP contribution in [0.4, 0.5) is 5.82 Å². The molecular weight excluding hydrogens is 318 g/mol. The molecule has 0 aromatic carbocycles. The fourth-order valence-electron chi connectivity index (χ4n) is 2.78. The number of pyridine rings is 1. The summed E-state index contributed by atoms with van der Waals surface area (Å²) in [6.07, 6.45) is 6.06. The van der Waals surface area contributed by atoms with Crippen molar-refractivity contribution in [1.82, 2.24) is 19.9 Å². The Morgan fingerprint density at radius 1 is 1.04 bits per heavy atom. The normalized spacial score (nSPS) is 15.0. The van der Waals surface area contributed by atoms with E-state index in [0.29, 0.717) is 37.4 Å². The predicted octanol–water partition coefficient (Wildman–Crippen LogP) is 1.98. The van der Waals surface area contributed by atoms with Crippen molar-refractivity contribution in [2.45, 2.75) is 26.7 Å². The molecule has 1 fully saturated rings. The van der Waals surface area contributed by atoms with Gasteiger partial charge in [-0.15, -0.1) is 0 Å². The molecule has 3 heterocycles. The zero-order chi connectivity index (χ0) is 17.8. The highest BCUT2D eigenvalue weighted by Gasteiger charge is 2.28. The van der Waals surface area contributed by atoms with Crippen molar-refractivity contribution < 1.29 is 9.59 Å². The monoisotopic (exact) mass is 339 g/mol. The van der Waals surface area contributed by atoms with E-state index in [9.17, 15) is 9.59 Å². The second-order valence-electron chi connectivity index (χ2n) is 6.32. The van der Waals surface area contributed by atoms with Gasteiger partial charge < -0.3 is 10.2 Å². The van der Waals surface area contributed by atoms with Gasteiger partial charge in [-0.05, 0) is 38.3 Å². The molecule has 0 bridgehead atoms. The number of amides is 2. The van der Waals surface area contributed by atoms with Crippen LogP contribution in [0.3, 0.4) is 0 Å². The Labute approximate surface area is 146 Å². The highest BCUT2D eigenvalue weighted by molar-refractivity contribution is 5.93. The van der Waals surface area contributed by atoms with Crippen molar-refractivity contribution in [3.8, 4) is 0 Å². The Morgan fingerprint density at radius 3 is 2.40 bits per heavy atom. The molecule has 0 spiro atoms. The number of likely N-dealkylation sites (tertiary alicyclic amines) is 1. The maximum atomic E-state index is 12.4. The standard InChI is InChI=1S/C18H21N5O2/c1-12-3-4-16(21-9-12)22-17(24)14-5-7-23(8-6-14)18(25)15-11-19-13(2)10-20-15/h3-4,9-11,14H,5-8H2,1-2H3,(H,21,22,24). The summed E-state index contributed by atoms with van der Waals surface area (Å²) in [4.78, 5) is 38.9. The molecule has 1 N–H and O–H groups in total. The minimum Gasteiger partial charge on any atom is -0.337 e. The maximum absolute atomic E-state index is 12.4. The first-order valence-electron chi connectivity index (χ1n) is 8.34. The van der Waals surface area contributed by atoms with Gasteiger partial charge in [-0.3, -0.25) is 14.6 Å². The van der Waals surface area contributed by atoms with Crippen LogP contribution in [0.1, 0.15) is 34.6 Å². The summed E-state index contributed by atoms with van der Waals surface area (Å²) in [5.41, 5.74) is 2.16. The van der Waals surface area contributed by atoms with Crippen LogP contribution in [0, 0.1) is 19.8 Å². The molecule has 2 amide bonds. The summed E-state index contributed by atoms with van der Waals surface area (Å²) in [5, 5.41) is 2.84. The zero-order valence-electron chi connectivity index (χ0n) is 14.4.